The molecule has 0 saturated carbocycles. The summed E-state index contributed by atoms with van der Waals surface area (Å²) in [6.45, 7) is 0. The summed E-state index contributed by atoms with van der Waals surface area (Å²) in [6.07, 6.45) is 0.719. The SMILES string of the molecule is COc1cccc(CC(N)c2ccc(Br)o2)c1. The second kappa shape index (κ2) is 5.38. The fourth-order valence-corrected chi connectivity index (χ4v) is 2.00. The molecule has 0 fully saturated rings. The van der Waals surface area contributed by atoms with Crippen molar-refractivity contribution in [3.8, 4) is 5.75 Å². The van der Waals surface area contributed by atoms with Gasteiger partial charge in [-0.15, -0.1) is 0 Å². The van der Waals surface area contributed by atoms with Crippen molar-refractivity contribution in [3.63, 3.8) is 0 Å². The number of halogens is 1. The van der Waals surface area contributed by atoms with Gasteiger partial charge in [-0.1, -0.05) is 12.1 Å². The van der Waals surface area contributed by atoms with Crippen molar-refractivity contribution < 1.29 is 9.15 Å². The van der Waals surface area contributed by atoms with E-state index in [0.717, 1.165) is 23.5 Å². The van der Waals surface area contributed by atoms with Gasteiger partial charge in [0.15, 0.2) is 4.67 Å². The van der Waals surface area contributed by atoms with Crippen LogP contribution in [0.15, 0.2) is 45.5 Å². The first-order chi connectivity index (χ1) is 8.19. The van der Waals surface area contributed by atoms with Gasteiger partial charge in [-0.05, 0) is 52.2 Å². The number of methoxy groups -OCH3 is 1. The smallest absolute Gasteiger partial charge is 0.169 e. The molecular formula is C13H14BrNO2. The minimum absolute atomic E-state index is 0.145. The zero-order chi connectivity index (χ0) is 12.3. The molecule has 2 rings (SSSR count). The van der Waals surface area contributed by atoms with Gasteiger partial charge in [0.05, 0.1) is 13.2 Å². The molecule has 1 heterocycles. The summed E-state index contributed by atoms with van der Waals surface area (Å²) in [6, 6.07) is 11.5. The third kappa shape index (κ3) is 3.11. The van der Waals surface area contributed by atoms with Crippen LogP contribution in [0.1, 0.15) is 17.4 Å². The summed E-state index contributed by atoms with van der Waals surface area (Å²) in [5.41, 5.74) is 7.21. The number of furan rings is 1. The summed E-state index contributed by atoms with van der Waals surface area (Å²) < 4.78 is 11.3. The molecule has 0 aliphatic carbocycles. The Balaban J connectivity index is 2.09. The van der Waals surface area contributed by atoms with Crippen molar-refractivity contribution >= 4 is 15.9 Å². The quantitative estimate of drug-likeness (QED) is 0.941. The van der Waals surface area contributed by atoms with Gasteiger partial charge in [0.25, 0.3) is 0 Å². The Bertz CT molecular complexity index is 496. The van der Waals surface area contributed by atoms with Crippen LogP contribution < -0.4 is 10.5 Å². The second-order valence-corrected chi connectivity index (χ2v) is 4.59. The predicted octanol–water partition coefficient (Wildman–Crippen LogP) is 3.29. The lowest BCUT2D eigenvalue weighted by Crippen LogP contribution is -2.12. The Hall–Kier alpha value is -1.26. The van der Waals surface area contributed by atoms with Crippen molar-refractivity contribution in [3.05, 3.63) is 52.4 Å². The third-order valence-corrected chi connectivity index (χ3v) is 2.98. The molecule has 1 aromatic carbocycles. The van der Waals surface area contributed by atoms with Crippen LogP contribution in [0, 0.1) is 0 Å². The van der Waals surface area contributed by atoms with E-state index in [2.05, 4.69) is 15.9 Å². The lowest BCUT2D eigenvalue weighted by Gasteiger charge is -2.09. The van der Waals surface area contributed by atoms with Crippen LogP contribution in [0.5, 0.6) is 5.75 Å². The Labute approximate surface area is 109 Å². The molecule has 2 aromatic rings. The zero-order valence-electron chi connectivity index (χ0n) is 9.52. The topological polar surface area (TPSA) is 48.4 Å². The van der Waals surface area contributed by atoms with Gasteiger partial charge in [0.1, 0.15) is 11.5 Å². The number of rotatable bonds is 4. The van der Waals surface area contributed by atoms with Gasteiger partial charge in [0, 0.05) is 0 Å². The standard InChI is InChI=1S/C13H14BrNO2/c1-16-10-4-2-3-9(7-10)8-11(15)12-5-6-13(14)17-12/h2-7,11H,8,15H2,1H3. The van der Waals surface area contributed by atoms with Crippen LogP contribution in [0.2, 0.25) is 0 Å². The average molecular weight is 296 g/mol. The van der Waals surface area contributed by atoms with Gasteiger partial charge in [-0.25, -0.2) is 0 Å². The maximum atomic E-state index is 6.08. The highest BCUT2D eigenvalue weighted by Gasteiger charge is 2.11. The Kier molecular flexibility index (Phi) is 3.86. The van der Waals surface area contributed by atoms with Gasteiger partial charge in [0.2, 0.25) is 0 Å². The van der Waals surface area contributed by atoms with Gasteiger partial charge in [-0.3, -0.25) is 0 Å². The largest absolute Gasteiger partial charge is 0.497 e. The van der Waals surface area contributed by atoms with Crippen LogP contribution in [-0.2, 0) is 6.42 Å². The molecule has 0 radical (unpaired) electrons. The summed E-state index contributed by atoms with van der Waals surface area (Å²) in [7, 11) is 1.66. The monoisotopic (exact) mass is 295 g/mol. The minimum atomic E-state index is -0.145. The fourth-order valence-electron chi connectivity index (χ4n) is 1.68. The van der Waals surface area contributed by atoms with Gasteiger partial charge < -0.3 is 14.9 Å². The highest BCUT2D eigenvalue weighted by molar-refractivity contribution is 9.10. The van der Waals surface area contributed by atoms with E-state index in [1.165, 1.54) is 0 Å². The van der Waals surface area contributed by atoms with Crippen LogP contribution in [-0.4, -0.2) is 7.11 Å². The molecule has 17 heavy (non-hydrogen) atoms. The Morgan fingerprint density at radius 1 is 1.35 bits per heavy atom. The molecule has 1 aromatic heterocycles. The maximum absolute atomic E-state index is 6.08. The summed E-state index contributed by atoms with van der Waals surface area (Å²) in [5, 5.41) is 0. The van der Waals surface area contributed by atoms with E-state index in [-0.39, 0.29) is 6.04 Å². The van der Waals surface area contributed by atoms with Crippen LogP contribution in [0.25, 0.3) is 0 Å². The second-order valence-electron chi connectivity index (χ2n) is 3.80. The Morgan fingerprint density at radius 2 is 2.18 bits per heavy atom. The number of hydrogen-bond acceptors (Lipinski definition) is 3. The summed E-state index contributed by atoms with van der Waals surface area (Å²) >= 11 is 3.27. The first-order valence-corrected chi connectivity index (χ1v) is 6.12. The summed E-state index contributed by atoms with van der Waals surface area (Å²) in [5.74, 6) is 1.62. The van der Waals surface area contributed by atoms with Crippen molar-refractivity contribution in [1.82, 2.24) is 0 Å². The molecule has 0 saturated heterocycles. The van der Waals surface area contributed by atoms with E-state index in [1.807, 2.05) is 36.4 Å². The van der Waals surface area contributed by atoms with Crippen molar-refractivity contribution in [2.75, 3.05) is 7.11 Å². The molecular weight excluding hydrogens is 282 g/mol. The molecule has 2 N–H and O–H groups in total. The predicted molar refractivity (Wildman–Crippen MR) is 70.0 cm³/mol. The molecule has 0 aliphatic rings. The van der Waals surface area contributed by atoms with Crippen molar-refractivity contribution in [2.24, 2.45) is 5.73 Å². The highest BCUT2D eigenvalue weighted by atomic mass is 79.9. The molecule has 90 valence electrons. The van der Waals surface area contributed by atoms with Gasteiger partial charge in [-0.2, -0.15) is 0 Å². The lowest BCUT2D eigenvalue weighted by atomic mass is 10.0. The zero-order valence-corrected chi connectivity index (χ0v) is 11.1. The van der Waals surface area contributed by atoms with Gasteiger partial charge >= 0.3 is 0 Å². The molecule has 0 amide bonds. The van der Waals surface area contributed by atoms with E-state index in [4.69, 9.17) is 14.9 Å². The summed E-state index contributed by atoms with van der Waals surface area (Å²) in [4.78, 5) is 0. The minimum Gasteiger partial charge on any atom is -0.497 e. The number of nitrogens with two attached hydrogens (primary N) is 1. The molecule has 4 heteroatoms. The van der Waals surface area contributed by atoms with Crippen molar-refractivity contribution in [2.45, 2.75) is 12.5 Å². The molecule has 0 bridgehead atoms. The number of benzene rings is 1. The fraction of sp³-hybridized carbons (Fsp3) is 0.231. The Morgan fingerprint density at radius 3 is 2.82 bits per heavy atom. The normalized spacial score (nSPS) is 12.4. The van der Waals surface area contributed by atoms with Crippen LogP contribution >= 0.6 is 15.9 Å². The first kappa shape index (κ1) is 12.2. The van der Waals surface area contributed by atoms with E-state index in [1.54, 1.807) is 7.11 Å². The van der Waals surface area contributed by atoms with Crippen LogP contribution in [0.4, 0.5) is 0 Å². The number of hydrogen-bond donors (Lipinski definition) is 1. The van der Waals surface area contributed by atoms with E-state index < -0.39 is 0 Å². The van der Waals surface area contributed by atoms with E-state index in [9.17, 15) is 0 Å². The molecule has 1 unspecified atom stereocenters. The lowest BCUT2D eigenvalue weighted by molar-refractivity contribution is 0.413. The van der Waals surface area contributed by atoms with E-state index >= 15 is 0 Å². The number of ether oxygens (including phenoxy) is 1. The average Bonchev–Trinajstić information content (AvgIpc) is 2.76. The molecule has 3 nitrogen and oxygen atoms in total. The van der Waals surface area contributed by atoms with Crippen molar-refractivity contribution in [1.29, 1.82) is 0 Å². The maximum Gasteiger partial charge on any atom is 0.169 e. The first-order valence-electron chi connectivity index (χ1n) is 5.33. The molecule has 0 spiro atoms. The van der Waals surface area contributed by atoms with Crippen LogP contribution in [0.3, 0.4) is 0 Å². The van der Waals surface area contributed by atoms with E-state index in [0.29, 0.717) is 4.67 Å². The third-order valence-electron chi connectivity index (χ3n) is 2.55. The molecule has 1 atom stereocenters. The highest BCUT2D eigenvalue weighted by Crippen LogP contribution is 2.23. The molecule has 0 aliphatic heterocycles.